The van der Waals surface area contributed by atoms with Crippen LogP contribution in [0.25, 0.3) is 0 Å². The Bertz CT molecular complexity index is 428. The molecule has 0 bridgehead atoms. The number of carbonyl (C=O) groups excluding carboxylic acids is 1. The number of hydrogen-bond donors (Lipinski definition) is 1. The van der Waals surface area contributed by atoms with Crippen molar-refractivity contribution in [1.29, 1.82) is 0 Å². The van der Waals surface area contributed by atoms with E-state index in [1.165, 1.54) is 0 Å². The highest BCUT2D eigenvalue weighted by molar-refractivity contribution is 5.80. The molecule has 1 aromatic rings. The predicted octanol–water partition coefficient (Wildman–Crippen LogP) is 2.17. The molecule has 4 heteroatoms. The summed E-state index contributed by atoms with van der Waals surface area (Å²) in [6.45, 7) is 5.59. The zero-order valence-corrected chi connectivity index (χ0v) is 11.8. The lowest BCUT2D eigenvalue weighted by atomic mass is 10.1. The van der Waals surface area contributed by atoms with E-state index in [2.05, 4.69) is 19.2 Å². The minimum absolute atomic E-state index is 0.00263. The summed E-state index contributed by atoms with van der Waals surface area (Å²) in [5.74, 6) is 1.62. The van der Waals surface area contributed by atoms with Gasteiger partial charge in [-0.15, -0.1) is 0 Å². The minimum Gasteiger partial charge on any atom is -0.497 e. The first-order valence-electron chi connectivity index (χ1n) is 6.78. The first kappa shape index (κ1) is 13.9. The average molecular weight is 262 g/mol. The van der Waals surface area contributed by atoms with Gasteiger partial charge in [-0.25, -0.2) is 0 Å². The zero-order valence-electron chi connectivity index (χ0n) is 11.8. The Balaban J connectivity index is 2.10. The second-order valence-corrected chi connectivity index (χ2v) is 5.33. The van der Waals surface area contributed by atoms with Gasteiger partial charge in [0.15, 0.2) is 0 Å². The molecule has 1 aliphatic heterocycles. The van der Waals surface area contributed by atoms with Crippen molar-refractivity contribution >= 4 is 5.91 Å². The molecule has 1 amide bonds. The van der Waals surface area contributed by atoms with Crippen LogP contribution < -0.4 is 10.1 Å². The van der Waals surface area contributed by atoms with Crippen molar-refractivity contribution in [3.05, 3.63) is 29.8 Å². The minimum atomic E-state index is -0.00263. The van der Waals surface area contributed by atoms with E-state index in [-0.39, 0.29) is 12.1 Å². The Labute approximate surface area is 114 Å². The molecule has 1 aromatic carbocycles. The van der Waals surface area contributed by atoms with Gasteiger partial charge in [0.2, 0.25) is 5.91 Å². The predicted molar refractivity (Wildman–Crippen MR) is 74.9 cm³/mol. The van der Waals surface area contributed by atoms with Gasteiger partial charge in [-0.1, -0.05) is 26.0 Å². The van der Waals surface area contributed by atoms with E-state index in [1.54, 1.807) is 7.11 Å². The molecule has 1 N–H and O–H groups in total. The summed E-state index contributed by atoms with van der Waals surface area (Å²) in [5, 5.41) is 3.27. The van der Waals surface area contributed by atoms with Crippen LogP contribution in [0.1, 0.15) is 32.0 Å². The van der Waals surface area contributed by atoms with E-state index in [9.17, 15) is 4.79 Å². The zero-order chi connectivity index (χ0) is 13.8. The summed E-state index contributed by atoms with van der Waals surface area (Å²) in [7, 11) is 1.65. The fourth-order valence-electron chi connectivity index (χ4n) is 2.27. The number of carbonyl (C=O) groups is 1. The van der Waals surface area contributed by atoms with Gasteiger partial charge < -0.3 is 9.64 Å². The van der Waals surface area contributed by atoms with Gasteiger partial charge in [-0.2, -0.15) is 0 Å². The molecular weight excluding hydrogens is 240 g/mol. The molecule has 104 valence electrons. The molecule has 0 aliphatic carbocycles. The third kappa shape index (κ3) is 3.26. The highest BCUT2D eigenvalue weighted by atomic mass is 16.5. The molecule has 19 heavy (non-hydrogen) atoms. The highest BCUT2D eigenvalue weighted by Crippen LogP contribution is 2.25. The molecule has 0 radical (unpaired) electrons. The van der Waals surface area contributed by atoms with Crippen LogP contribution in [0, 0.1) is 5.92 Å². The number of benzene rings is 1. The Morgan fingerprint density at radius 1 is 1.37 bits per heavy atom. The summed E-state index contributed by atoms with van der Waals surface area (Å²) in [6, 6.07) is 7.88. The smallest absolute Gasteiger partial charge is 0.238 e. The fourth-order valence-corrected chi connectivity index (χ4v) is 2.27. The van der Waals surface area contributed by atoms with Crippen LogP contribution in [0.15, 0.2) is 24.3 Å². The summed E-state index contributed by atoms with van der Waals surface area (Å²) < 4.78 is 5.16. The van der Waals surface area contributed by atoms with Crippen LogP contribution in [0.2, 0.25) is 0 Å². The number of ether oxygens (including phenoxy) is 1. The quantitative estimate of drug-likeness (QED) is 0.884. The molecule has 1 atom stereocenters. The topological polar surface area (TPSA) is 41.6 Å². The number of nitrogens with zero attached hydrogens (tertiary/aromatic N) is 1. The van der Waals surface area contributed by atoms with Gasteiger partial charge >= 0.3 is 0 Å². The van der Waals surface area contributed by atoms with Gasteiger partial charge in [0, 0.05) is 6.54 Å². The maximum absolute atomic E-state index is 11.9. The Hall–Kier alpha value is -1.55. The van der Waals surface area contributed by atoms with Gasteiger partial charge in [-0.05, 0) is 30.0 Å². The lowest BCUT2D eigenvalue weighted by Gasteiger charge is -2.25. The second-order valence-electron chi connectivity index (χ2n) is 5.33. The molecule has 4 nitrogen and oxygen atoms in total. The van der Waals surface area contributed by atoms with Crippen LogP contribution >= 0.6 is 0 Å². The van der Waals surface area contributed by atoms with Crippen LogP contribution in [-0.2, 0) is 4.79 Å². The van der Waals surface area contributed by atoms with Gasteiger partial charge in [-0.3, -0.25) is 10.1 Å². The van der Waals surface area contributed by atoms with Crippen LogP contribution in [0.4, 0.5) is 0 Å². The van der Waals surface area contributed by atoms with Gasteiger partial charge in [0.05, 0.1) is 13.7 Å². The van der Waals surface area contributed by atoms with E-state index in [0.717, 1.165) is 24.3 Å². The Kier molecular flexibility index (Phi) is 4.43. The molecule has 1 saturated heterocycles. The molecule has 1 unspecified atom stereocenters. The van der Waals surface area contributed by atoms with E-state index in [0.29, 0.717) is 12.5 Å². The number of nitrogens with one attached hydrogen (secondary N) is 1. The molecule has 0 spiro atoms. The summed E-state index contributed by atoms with van der Waals surface area (Å²) in [5.41, 5.74) is 1.11. The molecular formula is C15H22N2O2. The first-order valence-corrected chi connectivity index (χ1v) is 6.78. The third-order valence-electron chi connectivity index (χ3n) is 3.46. The van der Waals surface area contributed by atoms with Crippen LogP contribution in [0.3, 0.4) is 0 Å². The second kappa shape index (κ2) is 6.06. The average Bonchev–Trinajstić information content (AvgIpc) is 2.78. The van der Waals surface area contributed by atoms with Crippen LogP contribution in [-0.4, -0.2) is 31.0 Å². The number of amides is 1. The van der Waals surface area contributed by atoms with Gasteiger partial charge in [0.25, 0.3) is 0 Å². The maximum Gasteiger partial charge on any atom is 0.238 e. The van der Waals surface area contributed by atoms with Crippen molar-refractivity contribution in [2.45, 2.75) is 26.4 Å². The van der Waals surface area contributed by atoms with Crippen molar-refractivity contribution in [3.63, 3.8) is 0 Å². The fraction of sp³-hybridized carbons (Fsp3) is 0.533. The van der Waals surface area contributed by atoms with Crippen LogP contribution in [0.5, 0.6) is 5.75 Å². The first-order chi connectivity index (χ1) is 9.11. The number of rotatable bonds is 5. The number of methoxy groups -OCH3 is 1. The number of hydrogen-bond acceptors (Lipinski definition) is 3. The summed E-state index contributed by atoms with van der Waals surface area (Å²) >= 11 is 0. The lowest BCUT2D eigenvalue weighted by Crippen LogP contribution is -2.31. The maximum atomic E-state index is 11.9. The largest absolute Gasteiger partial charge is 0.497 e. The third-order valence-corrected chi connectivity index (χ3v) is 3.46. The van der Waals surface area contributed by atoms with Crippen molar-refractivity contribution in [2.75, 3.05) is 20.2 Å². The lowest BCUT2D eigenvalue weighted by molar-refractivity contribution is -0.128. The van der Waals surface area contributed by atoms with E-state index in [1.807, 2.05) is 29.2 Å². The molecule has 0 saturated carbocycles. The van der Waals surface area contributed by atoms with E-state index in [4.69, 9.17) is 4.74 Å². The monoisotopic (exact) mass is 262 g/mol. The van der Waals surface area contributed by atoms with Crippen molar-refractivity contribution in [3.8, 4) is 5.75 Å². The molecule has 1 heterocycles. The normalized spacial score (nSPS) is 19.3. The summed E-state index contributed by atoms with van der Waals surface area (Å²) in [6.07, 6.45) is 1.03. The van der Waals surface area contributed by atoms with Crippen molar-refractivity contribution in [2.24, 2.45) is 5.92 Å². The van der Waals surface area contributed by atoms with Crippen molar-refractivity contribution < 1.29 is 9.53 Å². The molecule has 1 fully saturated rings. The highest BCUT2D eigenvalue weighted by Gasteiger charge is 2.31. The van der Waals surface area contributed by atoms with Crippen molar-refractivity contribution in [1.82, 2.24) is 10.2 Å². The Morgan fingerprint density at radius 2 is 2.05 bits per heavy atom. The molecule has 1 aliphatic rings. The van der Waals surface area contributed by atoms with E-state index >= 15 is 0 Å². The Morgan fingerprint density at radius 3 is 2.63 bits per heavy atom. The summed E-state index contributed by atoms with van der Waals surface area (Å²) in [4.78, 5) is 13.9. The molecule has 2 rings (SSSR count). The van der Waals surface area contributed by atoms with E-state index < -0.39 is 0 Å². The SMILES string of the molecule is COc1ccc(C2NCC(=O)N2CCC(C)C)cc1. The molecule has 0 aromatic heterocycles. The standard InChI is InChI=1S/C15H22N2O2/c1-11(2)8-9-17-14(18)10-16-15(17)12-4-6-13(19-3)7-5-12/h4-7,11,15-16H,8-10H2,1-3H3. The van der Waals surface area contributed by atoms with Gasteiger partial charge in [0.1, 0.15) is 11.9 Å².